The summed E-state index contributed by atoms with van der Waals surface area (Å²) in [7, 11) is -3.64. The van der Waals surface area contributed by atoms with Gasteiger partial charge in [0.05, 0.1) is 12.6 Å². The standard InChI is InChI=1S/C17H30N4O3S2/c1-2-19-17(20-11-6-12-24-14-7-4-3-5-8-14)21-13-15-9-10-16(25-15)26(18,22)23/h9-10,14H,2-8,11-13H2,1H3,(H2,18,22,23)(H2,19,20,21). The molecule has 1 aliphatic carbocycles. The first-order chi connectivity index (χ1) is 12.5. The Morgan fingerprint density at radius 1 is 1.31 bits per heavy atom. The van der Waals surface area contributed by atoms with Crippen LogP contribution in [0.4, 0.5) is 0 Å². The highest BCUT2D eigenvalue weighted by Crippen LogP contribution is 2.21. The van der Waals surface area contributed by atoms with Gasteiger partial charge in [0.1, 0.15) is 4.21 Å². The van der Waals surface area contributed by atoms with Crippen molar-refractivity contribution in [3.05, 3.63) is 17.0 Å². The van der Waals surface area contributed by atoms with Crippen LogP contribution in [0.5, 0.6) is 0 Å². The van der Waals surface area contributed by atoms with Crippen molar-refractivity contribution in [3.63, 3.8) is 0 Å². The van der Waals surface area contributed by atoms with Crippen LogP contribution in [0.15, 0.2) is 21.3 Å². The summed E-state index contributed by atoms with van der Waals surface area (Å²) in [6.07, 6.45) is 7.67. The van der Waals surface area contributed by atoms with Gasteiger partial charge in [-0.15, -0.1) is 11.3 Å². The molecule has 1 aliphatic rings. The number of aliphatic imine (C=N–C) groups is 1. The van der Waals surface area contributed by atoms with Gasteiger partial charge < -0.3 is 15.4 Å². The van der Waals surface area contributed by atoms with Gasteiger partial charge in [-0.25, -0.2) is 18.5 Å². The average molecular weight is 403 g/mol. The predicted molar refractivity (Wildman–Crippen MR) is 106 cm³/mol. The SMILES string of the molecule is CCNC(=NCc1ccc(S(N)(=O)=O)s1)NCCCOC1CCCCC1. The molecule has 0 radical (unpaired) electrons. The first kappa shape index (κ1) is 21.1. The quantitative estimate of drug-likeness (QED) is 0.333. The Bertz CT molecular complexity index is 667. The minimum absolute atomic E-state index is 0.167. The van der Waals surface area contributed by atoms with Crippen LogP contribution < -0.4 is 15.8 Å². The number of ether oxygens (including phenoxy) is 1. The zero-order chi connectivity index (χ0) is 18.8. The molecule has 0 unspecified atom stereocenters. The number of nitrogens with one attached hydrogen (secondary N) is 2. The third kappa shape index (κ3) is 7.61. The summed E-state index contributed by atoms with van der Waals surface area (Å²) in [5, 5.41) is 11.6. The van der Waals surface area contributed by atoms with E-state index in [1.807, 2.05) is 6.92 Å². The Balaban J connectivity index is 1.72. The molecule has 26 heavy (non-hydrogen) atoms. The predicted octanol–water partition coefficient (Wildman–Crippen LogP) is 2.19. The van der Waals surface area contributed by atoms with Crippen LogP contribution in [-0.2, 0) is 21.3 Å². The summed E-state index contributed by atoms with van der Waals surface area (Å²) >= 11 is 1.15. The van der Waals surface area contributed by atoms with E-state index in [1.54, 1.807) is 6.07 Å². The van der Waals surface area contributed by atoms with E-state index in [2.05, 4.69) is 15.6 Å². The number of hydrogen-bond acceptors (Lipinski definition) is 5. The van der Waals surface area contributed by atoms with E-state index in [4.69, 9.17) is 9.88 Å². The Hall–Kier alpha value is -1.16. The summed E-state index contributed by atoms with van der Waals surface area (Å²) in [6.45, 7) is 4.73. The van der Waals surface area contributed by atoms with Gasteiger partial charge >= 0.3 is 0 Å². The largest absolute Gasteiger partial charge is 0.378 e. The lowest BCUT2D eigenvalue weighted by Gasteiger charge is -2.22. The number of thiophene rings is 1. The van der Waals surface area contributed by atoms with E-state index in [0.717, 1.165) is 48.3 Å². The molecular formula is C17H30N4O3S2. The van der Waals surface area contributed by atoms with Crippen LogP contribution in [0.25, 0.3) is 0 Å². The molecular weight excluding hydrogens is 372 g/mol. The van der Waals surface area contributed by atoms with Crippen molar-refractivity contribution in [1.29, 1.82) is 0 Å². The van der Waals surface area contributed by atoms with Crippen molar-refractivity contribution in [2.75, 3.05) is 19.7 Å². The molecule has 0 amide bonds. The molecule has 2 rings (SSSR count). The number of guanidine groups is 1. The molecule has 1 heterocycles. The monoisotopic (exact) mass is 402 g/mol. The Labute approximate surface area is 160 Å². The van der Waals surface area contributed by atoms with Crippen LogP contribution in [-0.4, -0.2) is 40.2 Å². The molecule has 1 fully saturated rings. The Morgan fingerprint density at radius 3 is 2.73 bits per heavy atom. The Morgan fingerprint density at radius 2 is 2.08 bits per heavy atom. The van der Waals surface area contributed by atoms with Crippen LogP contribution >= 0.6 is 11.3 Å². The van der Waals surface area contributed by atoms with E-state index >= 15 is 0 Å². The van der Waals surface area contributed by atoms with E-state index in [0.29, 0.717) is 12.6 Å². The van der Waals surface area contributed by atoms with Crippen molar-refractivity contribution in [2.24, 2.45) is 10.1 Å². The second kappa shape index (κ2) is 10.9. The first-order valence-corrected chi connectivity index (χ1v) is 11.6. The summed E-state index contributed by atoms with van der Waals surface area (Å²) in [5.41, 5.74) is 0. The van der Waals surface area contributed by atoms with Gasteiger partial charge in [0.25, 0.3) is 0 Å². The number of sulfonamides is 1. The highest BCUT2D eigenvalue weighted by molar-refractivity contribution is 7.91. The fourth-order valence-electron chi connectivity index (χ4n) is 2.86. The molecule has 9 heteroatoms. The summed E-state index contributed by atoms with van der Waals surface area (Å²) < 4.78 is 28.7. The highest BCUT2D eigenvalue weighted by Gasteiger charge is 2.13. The molecule has 1 aromatic heterocycles. The lowest BCUT2D eigenvalue weighted by Crippen LogP contribution is -2.38. The maximum atomic E-state index is 11.3. The molecule has 0 bridgehead atoms. The average Bonchev–Trinajstić information content (AvgIpc) is 3.09. The van der Waals surface area contributed by atoms with E-state index in [-0.39, 0.29) is 4.21 Å². The molecule has 7 nitrogen and oxygen atoms in total. The number of primary sulfonamides is 1. The fraction of sp³-hybridized carbons (Fsp3) is 0.706. The van der Waals surface area contributed by atoms with Gasteiger partial charge in [-0.05, 0) is 38.3 Å². The summed E-state index contributed by atoms with van der Waals surface area (Å²) in [4.78, 5) is 5.35. The normalized spacial score (nSPS) is 16.6. The van der Waals surface area contributed by atoms with Gasteiger partial charge in [-0.1, -0.05) is 19.3 Å². The van der Waals surface area contributed by atoms with Crippen LogP contribution in [0, 0.1) is 0 Å². The van der Waals surface area contributed by atoms with Gasteiger partial charge in [0.15, 0.2) is 5.96 Å². The zero-order valence-corrected chi connectivity index (χ0v) is 17.0. The lowest BCUT2D eigenvalue weighted by atomic mass is 9.98. The summed E-state index contributed by atoms with van der Waals surface area (Å²) in [6, 6.07) is 3.27. The topological polar surface area (TPSA) is 106 Å². The fourth-order valence-corrected chi connectivity index (χ4v) is 4.56. The number of hydrogen-bond donors (Lipinski definition) is 3. The minimum Gasteiger partial charge on any atom is -0.378 e. The van der Waals surface area contributed by atoms with E-state index < -0.39 is 10.0 Å². The summed E-state index contributed by atoms with van der Waals surface area (Å²) in [5.74, 6) is 0.718. The number of nitrogens with zero attached hydrogens (tertiary/aromatic N) is 1. The van der Waals surface area contributed by atoms with Crippen molar-refractivity contribution in [2.45, 2.75) is 62.3 Å². The first-order valence-electron chi connectivity index (χ1n) is 9.24. The van der Waals surface area contributed by atoms with Crippen molar-refractivity contribution in [3.8, 4) is 0 Å². The van der Waals surface area contributed by atoms with E-state index in [9.17, 15) is 8.42 Å². The number of nitrogens with two attached hydrogens (primary N) is 1. The number of rotatable bonds is 9. The minimum atomic E-state index is -3.64. The maximum Gasteiger partial charge on any atom is 0.247 e. The second-order valence-electron chi connectivity index (χ2n) is 6.37. The highest BCUT2D eigenvalue weighted by atomic mass is 32.2. The maximum absolute atomic E-state index is 11.3. The molecule has 0 saturated heterocycles. The van der Waals surface area contributed by atoms with Gasteiger partial charge in [-0.2, -0.15) is 0 Å². The second-order valence-corrected chi connectivity index (χ2v) is 9.33. The van der Waals surface area contributed by atoms with Crippen LogP contribution in [0.3, 0.4) is 0 Å². The van der Waals surface area contributed by atoms with Crippen molar-refractivity contribution < 1.29 is 13.2 Å². The third-order valence-corrected chi connectivity index (χ3v) is 6.68. The van der Waals surface area contributed by atoms with Gasteiger partial charge in [0, 0.05) is 24.6 Å². The molecule has 0 aliphatic heterocycles. The van der Waals surface area contributed by atoms with Gasteiger partial charge in [-0.3, -0.25) is 0 Å². The zero-order valence-electron chi connectivity index (χ0n) is 15.4. The molecule has 0 aromatic carbocycles. The molecule has 0 atom stereocenters. The smallest absolute Gasteiger partial charge is 0.247 e. The molecule has 1 saturated carbocycles. The molecule has 1 aromatic rings. The van der Waals surface area contributed by atoms with Crippen molar-refractivity contribution in [1.82, 2.24) is 10.6 Å². The lowest BCUT2D eigenvalue weighted by molar-refractivity contribution is 0.0277. The van der Waals surface area contributed by atoms with Crippen LogP contribution in [0.2, 0.25) is 0 Å². The Kier molecular flexibility index (Phi) is 8.83. The van der Waals surface area contributed by atoms with Gasteiger partial charge in [0.2, 0.25) is 10.0 Å². The molecule has 4 N–H and O–H groups in total. The third-order valence-electron chi connectivity index (χ3n) is 4.17. The van der Waals surface area contributed by atoms with Crippen molar-refractivity contribution >= 4 is 27.3 Å². The van der Waals surface area contributed by atoms with E-state index in [1.165, 1.54) is 38.2 Å². The van der Waals surface area contributed by atoms with Crippen LogP contribution in [0.1, 0.15) is 50.3 Å². The molecule has 0 spiro atoms. The molecule has 148 valence electrons.